The predicted molar refractivity (Wildman–Crippen MR) is 140 cm³/mol. The van der Waals surface area contributed by atoms with Crippen LogP contribution >= 0.6 is 0 Å². The number of hydrogen-bond donors (Lipinski definition) is 4. The van der Waals surface area contributed by atoms with Crippen LogP contribution in [0.2, 0.25) is 0 Å². The number of nitrogens with one attached hydrogen (secondary N) is 3. The SMILES string of the molecule is CCN1CCCC1CNc1nc(NCC2CCCCC2)nc(Nc2ccc(OC)c(S(=O)(=O)O)c2)n1. The summed E-state index contributed by atoms with van der Waals surface area (Å²) in [7, 11) is -3.13. The first-order valence-corrected chi connectivity index (χ1v) is 14.2. The molecule has 4 N–H and O–H groups in total. The van der Waals surface area contributed by atoms with Gasteiger partial charge < -0.3 is 20.7 Å². The third-order valence-electron chi connectivity index (χ3n) is 7.01. The van der Waals surface area contributed by atoms with E-state index in [4.69, 9.17) is 4.74 Å². The molecule has 1 aromatic heterocycles. The summed E-state index contributed by atoms with van der Waals surface area (Å²) >= 11 is 0. The lowest BCUT2D eigenvalue weighted by Gasteiger charge is -2.23. The summed E-state index contributed by atoms with van der Waals surface area (Å²) in [6.07, 6.45) is 8.53. The maximum atomic E-state index is 11.8. The number of anilines is 4. The number of methoxy groups -OCH3 is 1. The van der Waals surface area contributed by atoms with Crippen molar-refractivity contribution in [3.05, 3.63) is 18.2 Å². The van der Waals surface area contributed by atoms with E-state index >= 15 is 0 Å². The van der Waals surface area contributed by atoms with E-state index in [0.29, 0.717) is 29.5 Å². The summed E-state index contributed by atoms with van der Waals surface area (Å²) in [4.78, 5) is 15.8. The second-order valence-corrected chi connectivity index (χ2v) is 10.9. The minimum atomic E-state index is -4.47. The maximum Gasteiger partial charge on any atom is 0.298 e. The minimum Gasteiger partial charge on any atom is -0.495 e. The fourth-order valence-corrected chi connectivity index (χ4v) is 5.74. The van der Waals surface area contributed by atoms with E-state index in [9.17, 15) is 13.0 Å². The van der Waals surface area contributed by atoms with Gasteiger partial charge in [0.1, 0.15) is 10.6 Å². The molecular formula is C24H37N7O4S. The van der Waals surface area contributed by atoms with E-state index in [1.807, 2.05) is 0 Å². The number of nitrogens with zero attached hydrogens (tertiary/aromatic N) is 4. The summed E-state index contributed by atoms with van der Waals surface area (Å²) in [5.41, 5.74) is 0.395. The van der Waals surface area contributed by atoms with Crippen LogP contribution in [0.5, 0.6) is 5.75 Å². The van der Waals surface area contributed by atoms with E-state index in [1.54, 1.807) is 6.07 Å². The Morgan fingerprint density at radius 2 is 1.69 bits per heavy atom. The van der Waals surface area contributed by atoms with Crippen LogP contribution in [0.25, 0.3) is 0 Å². The van der Waals surface area contributed by atoms with Gasteiger partial charge in [0.05, 0.1) is 7.11 Å². The molecule has 2 aliphatic rings. The highest BCUT2D eigenvalue weighted by Crippen LogP contribution is 2.29. The van der Waals surface area contributed by atoms with Crippen LogP contribution in [-0.4, -0.2) is 72.2 Å². The van der Waals surface area contributed by atoms with Crippen molar-refractivity contribution in [3.63, 3.8) is 0 Å². The van der Waals surface area contributed by atoms with Gasteiger partial charge >= 0.3 is 0 Å². The van der Waals surface area contributed by atoms with Gasteiger partial charge in [-0.1, -0.05) is 26.2 Å². The molecule has 2 heterocycles. The summed E-state index contributed by atoms with van der Waals surface area (Å²) in [6, 6.07) is 4.82. The topological polar surface area (TPSA) is 142 Å². The Labute approximate surface area is 213 Å². The van der Waals surface area contributed by atoms with Gasteiger partial charge in [-0.05, 0) is 62.9 Å². The van der Waals surface area contributed by atoms with E-state index in [2.05, 4.69) is 42.7 Å². The highest BCUT2D eigenvalue weighted by Gasteiger charge is 2.23. The van der Waals surface area contributed by atoms with Crippen LogP contribution in [0.4, 0.5) is 23.5 Å². The molecule has 11 nitrogen and oxygen atoms in total. The number of hydrogen-bond acceptors (Lipinski definition) is 10. The predicted octanol–water partition coefficient (Wildman–Crippen LogP) is 3.76. The molecule has 1 saturated heterocycles. The molecule has 2 aromatic rings. The molecule has 4 rings (SSSR count). The highest BCUT2D eigenvalue weighted by atomic mass is 32.2. The molecule has 0 radical (unpaired) electrons. The van der Waals surface area contributed by atoms with Crippen LogP contribution in [0.3, 0.4) is 0 Å². The molecule has 1 aliphatic carbocycles. The smallest absolute Gasteiger partial charge is 0.298 e. The number of benzene rings is 1. The van der Waals surface area contributed by atoms with E-state index < -0.39 is 10.1 Å². The van der Waals surface area contributed by atoms with Crippen molar-refractivity contribution in [1.29, 1.82) is 0 Å². The lowest BCUT2D eigenvalue weighted by molar-refractivity contribution is 0.277. The number of rotatable bonds is 11. The molecule has 1 saturated carbocycles. The Bertz CT molecular complexity index is 1130. The summed E-state index contributed by atoms with van der Waals surface area (Å²) < 4.78 is 38.3. The molecule has 36 heavy (non-hydrogen) atoms. The highest BCUT2D eigenvalue weighted by molar-refractivity contribution is 7.86. The van der Waals surface area contributed by atoms with Gasteiger partial charge in [0, 0.05) is 24.8 Å². The van der Waals surface area contributed by atoms with Crippen molar-refractivity contribution >= 4 is 33.7 Å². The second-order valence-electron chi connectivity index (χ2n) is 9.46. The average Bonchev–Trinajstić information content (AvgIpc) is 3.34. The number of aromatic nitrogens is 3. The standard InChI is InChI=1S/C24H37N7O4S/c1-3-31-13-7-10-19(31)16-26-23-28-22(25-15-17-8-5-4-6-9-17)29-24(30-23)27-18-11-12-20(35-2)21(14-18)36(32,33)34/h11-12,14,17,19H,3-10,13,15-16H2,1-2H3,(H,32,33,34)(H3,25,26,27,28,29,30). The lowest BCUT2D eigenvalue weighted by atomic mass is 9.89. The van der Waals surface area contributed by atoms with Gasteiger partial charge in [-0.25, -0.2) is 0 Å². The average molecular weight is 520 g/mol. The van der Waals surface area contributed by atoms with Crippen molar-refractivity contribution < 1.29 is 17.7 Å². The van der Waals surface area contributed by atoms with Gasteiger partial charge in [-0.2, -0.15) is 23.4 Å². The Morgan fingerprint density at radius 1 is 1.00 bits per heavy atom. The fraction of sp³-hybridized carbons (Fsp3) is 0.625. The maximum absolute atomic E-state index is 11.8. The van der Waals surface area contributed by atoms with Crippen LogP contribution in [0, 0.1) is 5.92 Å². The first-order chi connectivity index (χ1) is 17.4. The van der Waals surface area contributed by atoms with Crippen LogP contribution in [0.15, 0.2) is 23.1 Å². The van der Waals surface area contributed by atoms with Gasteiger partial charge in [0.2, 0.25) is 17.8 Å². The van der Waals surface area contributed by atoms with Crippen molar-refractivity contribution in [2.75, 3.05) is 49.2 Å². The third kappa shape index (κ3) is 6.95. The molecule has 1 atom stereocenters. The van der Waals surface area contributed by atoms with Gasteiger partial charge in [0.15, 0.2) is 0 Å². The zero-order valence-electron chi connectivity index (χ0n) is 21.0. The quantitative estimate of drug-likeness (QED) is 0.322. The molecule has 0 spiro atoms. The van der Waals surface area contributed by atoms with Crippen molar-refractivity contribution in [2.45, 2.75) is 62.8 Å². The molecular weight excluding hydrogens is 482 g/mol. The molecule has 1 aliphatic heterocycles. The Morgan fingerprint density at radius 3 is 2.36 bits per heavy atom. The second kappa shape index (κ2) is 12.0. The molecule has 2 fully saturated rings. The number of ether oxygens (including phenoxy) is 1. The molecule has 198 valence electrons. The number of likely N-dealkylation sites (N-methyl/N-ethyl adjacent to an activating group) is 1. The largest absolute Gasteiger partial charge is 0.495 e. The van der Waals surface area contributed by atoms with Crippen molar-refractivity contribution in [2.24, 2.45) is 5.92 Å². The molecule has 0 bridgehead atoms. The molecule has 1 aromatic carbocycles. The van der Waals surface area contributed by atoms with Crippen LogP contribution in [-0.2, 0) is 10.1 Å². The van der Waals surface area contributed by atoms with Crippen LogP contribution < -0.4 is 20.7 Å². The first kappa shape index (κ1) is 26.4. The zero-order valence-corrected chi connectivity index (χ0v) is 21.9. The van der Waals surface area contributed by atoms with Gasteiger partial charge in [0.25, 0.3) is 10.1 Å². The normalized spacial score (nSPS) is 19.2. The molecule has 1 unspecified atom stereocenters. The third-order valence-corrected chi connectivity index (χ3v) is 7.88. The van der Waals surface area contributed by atoms with E-state index in [1.165, 1.54) is 57.8 Å². The van der Waals surface area contributed by atoms with Crippen molar-refractivity contribution in [3.8, 4) is 5.75 Å². The van der Waals surface area contributed by atoms with Gasteiger partial charge in [-0.15, -0.1) is 0 Å². The monoisotopic (exact) mass is 519 g/mol. The van der Waals surface area contributed by atoms with E-state index in [0.717, 1.165) is 32.6 Å². The van der Waals surface area contributed by atoms with Crippen LogP contribution in [0.1, 0.15) is 51.9 Å². The summed E-state index contributed by atoms with van der Waals surface area (Å²) in [6.45, 7) is 5.82. The Kier molecular flexibility index (Phi) is 8.81. The summed E-state index contributed by atoms with van der Waals surface area (Å²) in [5.74, 6) is 1.82. The van der Waals surface area contributed by atoms with Crippen molar-refractivity contribution in [1.82, 2.24) is 19.9 Å². The Balaban J connectivity index is 1.54. The van der Waals surface area contributed by atoms with Gasteiger partial charge in [-0.3, -0.25) is 9.45 Å². The fourth-order valence-electron chi connectivity index (χ4n) is 5.05. The molecule has 12 heteroatoms. The Hall–Kier alpha value is -2.70. The minimum absolute atomic E-state index is 0.0490. The number of likely N-dealkylation sites (tertiary alicyclic amines) is 1. The molecule has 0 amide bonds. The van der Waals surface area contributed by atoms with E-state index in [-0.39, 0.29) is 16.6 Å². The summed E-state index contributed by atoms with van der Waals surface area (Å²) in [5, 5.41) is 9.79. The zero-order chi connectivity index (χ0) is 25.5. The lowest BCUT2D eigenvalue weighted by Crippen LogP contribution is -2.35. The first-order valence-electron chi connectivity index (χ1n) is 12.8.